The summed E-state index contributed by atoms with van der Waals surface area (Å²) in [5, 5.41) is 11.8. The van der Waals surface area contributed by atoms with Gasteiger partial charge in [0.2, 0.25) is 0 Å². The fourth-order valence-electron chi connectivity index (χ4n) is 3.48. The number of hydrogen-bond acceptors (Lipinski definition) is 4. The Hall–Kier alpha value is -2.71. The highest BCUT2D eigenvalue weighted by atomic mass is 19.1. The molecule has 27 heavy (non-hydrogen) atoms. The van der Waals surface area contributed by atoms with Crippen LogP contribution in [0.5, 0.6) is 0 Å². The first-order valence-corrected chi connectivity index (χ1v) is 8.28. The minimum Gasteiger partial charge on any atom is -0.465 e. The fourth-order valence-corrected chi connectivity index (χ4v) is 3.48. The average Bonchev–Trinajstić information content (AvgIpc) is 2.95. The van der Waals surface area contributed by atoms with E-state index >= 15 is 0 Å². The van der Waals surface area contributed by atoms with E-state index in [0.29, 0.717) is 0 Å². The van der Waals surface area contributed by atoms with E-state index in [2.05, 4.69) is 10.1 Å². The molecule has 0 radical (unpaired) electrons. The van der Waals surface area contributed by atoms with Gasteiger partial charge in [-0.3, -0.25) is 9.69 Å². The SMILES string of the molecule is COC(=O)c1cccc(NC(=O)[C@@]2(C(C)(C)C)C[C@@H](F)CN2C(=O)O)c1F. The molecule has 0 unspecified atom stereocenters. The zero-order valence-electron chi connectivity index (χ0n) is 15.5. The highest BCUT2D eigenvalue weighted by molar-refractivity contribution is 6.02. The number of halogens is 2. The zero-order chi connectivity index (χ0) is 20.6. The number of methoxy groups -OCH3 is 1. The smallest absolute Gasteiger partial charge is 0.408 e. The molecule has 2 N–H and O–H groups in total. The Kier molecular flexibility index (Phi) is 5.44. The number of rotatable bonds is 3. The van der Waals surface area contributed by atoms with Gasteiger partial charge in [-0.15, -0.1) is 0 Å². The highest BCUT2D eigenvalue weighted by Gasteiger charge is 2.60. The van der Waals surface area contributed by atoms with Gasteiger partial charge in [-0.25, -0.2) is 18.4 Å². The van der Waals surface area contributed by atoms with Crippen molar-refractivity contribution in [3.05, 3.63) is 29.6 Å². The maximum Gasteiger partial charge on any atom is 0.408 e. The van der Waals surface area contributed by atoms with Crippen molar-refractivity contribution in [2.24, 2.45) is 5.41 Å². The molecule has 0 saturated carbocycles. The van der Waals surface area contributed by atoms with Crippen LogP contribution in [0.1, 0.15) is 37.6 Å². The van der Waals surface area contributed by atoms with Crippen LogP contribution in [-0.2, 0) is 9.53 Å². The summed E-state index contributed by atoms with van der Waals surface area (Å²) in [5.74, 6) is -2.80. The molecule has 1 heterocycles. The molecule has 7 nitrogen and oxygen atoms in total. The van der Waals surface area contributed by atoms with Gasteiger partial charge in [-0.1, -0.05) is 26.8 Å². The Morgan fingerprint density at radius 3 is 2.48 bits per heavy atom. The Bertz CT molecular complexity index is 778. The first-order chi connectivity index (χ1) is 12.5. The van der Waals surface area contributed by atoms with Crippen LogP contribution in [0.3, 0.4) is 0 Å². The first-order valence-electron chi connectivity index (χ1n) is 8.28. The third kappa shape index (κ3) is 3.45. The lowest BCUT2D eigenvalue weighted by molar-refractivity contribution is -0.132. The monoisotopic (exact) mass is 384 g/mol. The number of likely N-dealkylation sites (tertiary alicyclic amines) is 1. The molecule has 9 heteroatoms. The lowest BCUT2D eigenvalue weighted by atomic mass is 9.71. The van der Waals surface area contributed by atoms with E-state index in [1.165, 1.54) is 18.2 Å². The molecule has 0 aliphatic carbocycles. The van der Waals surface area contributed by atoms with Crippen LogP contribution in [0, 0.1) is 11.2 Å². The van der Waals surface area contributed by atoms with Crippen LogP contribution in [0.25, 0.3) is 0 Å². The fraction of sp³-hybridized carbons (Fsp3) is 0.500. The number of amides is 2. The molecular formula is C18H22F2N2O5. The molecule has 1 aromatic carbocycles. The van der Waals surface area contributed by atoms with Crippen LogP contribution in [-0.4, -0.2) is 53.3 Å². The van der Waals surface area contributed by atoms with Crippen molar-refractivity contribution in [3.63, 3.8) is 0 Å². The topological polar surface area (TPSA) is 95.9 Å². The number of anilines is 1. The summed E-state index contributed by atoms with van der Waals surface area (Å²) >= 11 is 0. The molecule has 1 aliphatic heterocycles. The molecule has 1 aliphatic rings. The summed E-state index contributed by atoms with van der Waals surface area (Å²) in [6.07, 6.45) is -3.33. The second-order valence-corrected chi connectivity index (χ2v) is 7.42. The standard InChI is InChI=1S/C18H22F2N2O5/c1-17(2,3)18(8-10(19)9-22(18)16(25)26)15(24)21-12-7-5-6-11(13(12)20)14(23)27-4/h5-7,10H,8-9H2,1-4H3,(H,21,24)(H,25,26)/t10-,18-/m1/s1. The molecule has 1 aromatic rings. The van der Waals surface area contributed by atoms with E-state index in [4.69, 9.17) is 0 Å². The number of nitrogens with zero attached hydrogens (tertiary/aromatic N) is 1. The number of esters is 1. The van der Waals surface area contributed by atoms with Crippen LogP contribution >= 0.6 is 0 Å². The molecule has 2 amide bonds. The van der Waals surface area contributed by atoms with E-state index in [9.17, 15) is 28.3 Å². The zero-order valence-corrected chi connectivity index (χ0v) is 15.5. The van der Waals surface area contributed by atoms with Gasteiger partial charge in [-0.05, 0) is 17.5 Å². The minimum absolute atomic E-state index is 0.320. The number of ether oxygens (including phenoxy) is 1. The Morgan fingerprint density at radius 2 is 1.96 bits per heavy atom. The number of carboxylic acid groups (broad SMARTS) is 1. The van der Waals surface area contributed by atoms with Crippen molar-refractivity contribution < 1.29 is 33.0 Å². The molecule has 0 bridgehead atoms. The van der Waals surface area contributed by atoms with Gasteiger partial charge in [0.05, 0.1) is 24.9 Å². The van der Waals surface area contributed by atoms with Gasteiger partial charge in [-0.2, -0.15) is 0 Å². The average molecular weight is 384 g/mol. The third-order valence-electron chi connectivity index (χ3n) is 4.86. The molecular weight excluding hydrogens is 362 g/mol. The summed E-state index contributed by atoms with van der Waals surface area (Å²) < 4.78 is 33.2. The lowest BCUT2D eigenvalue weighted by Crippen LogP contribution is -2.62. The van der Waals surface area contributed by atoms with Gasteiger partial charge in [0, 0.05) is 6.42 Å². The summed E-state index contributed by atoms with van der Waals surface area (Å²) in [7, 11) is 1.09. The lowest BCUT2D eigenvalue weighted by Gasteiger charge is -2.45. The van der Waals surface area contributed by atoms with Crippen molar-refractivity contribution in [1.82, 2.24) is 4.90 Å². The molecule has 2 atom stereocenters. The molecule has 2 rings (SSSR count). The van der Waals surface area contributed by atoms with E-state index in [-0.39, 0.29) is 17.7 Å². The Labute approximate surface area is 155 Å². The summed E-state index contributed by atoms with van der Waals surface area (Å²) in [6, 6.07) is 3.76. The van der Waals surface area contributed by atoms with Crippen LogP contribution < -0.4 is 5.32 Å². The van der Waals surface area contributed by atoms with Crippen LogP contribution in [0.15, 0.2) is 18.2 Å². The quantitative estimate of drug-likeness (QED) is 0.781. The van der Waals surface area contributed by atoms with Crippen molar-refractivity contribution >= 4 is 23.7 Å². The Morgan fingerprint density at radius 1 is 1.33 bits per heavy atom. The van der Waals surface area contributed by atoms with Crippen molar-refractivity contribution in [3.8, 4) is 0 Å². The van der Waals surface area contributed by atoms with Gasteiger partial charge >= 0.3 is 12.1 Å². The van der Waals surface area contributed by atoms with E-state index in [1.54, 1.807) is 20.8 Å². The number of alkyl halides is 1. The summed E-state index contributed by atoms with van der Waals surface area (Å²) in [5.41, 5.74) is -3.43. The largest absolute Gasteiger partial charge is 0.465 e. The molecule has 1 saturated heterocycles. The summed E-state index contributed by atoms with van der Waals surface area (Å²) in [4.78, 5) is 37.1. The van der Waals surface area contributed by atoms with Gasteiger partial charge in [0.15, 0.2) is 5.82 Å². The Balaban J connectivity index is 2.48. The number of carbonyl (C=O) groups excluding carboxylic acids is 2. The van der Waals surface area contributed by atoms with Gasteiger partial charge in [0.25, 0.3) is 5.91 Å². The maximum atomic E-state index is 14.6. The predicted octanol–water partition coefficient (Wildman–Crippen LogP) is 3.06. The highest BCUT2D eigenvalue weighted by Crippen LogP contribution is 2.45. The maximum absolute atomic E-state index is 14.6. The first kappa shape index (κ1) is 20.6. The molecule has 1 fully saturated rings. The number of carbonyl (C=O) groups is 3. The van der Waals surface area contributed by atoms with Crippen LogP contribution in [0.4, 0.5) is 19.3 Å². The number of hydrogen-bond donors (Lipinski definition) is 2. The number of nitrogens with one attached hydrogen (secondary N) is 1. The van der Waals surface area contributed by atoms with E-state index < -0.39 is 47.5 Å². The van der Waals surface area contributed by atoms with Gasteiger partial charge in [0.1, 0.15) is 11.7 Å². The molecule has 0 spiro atoms. The van der Waals surface area contributed by atoms with Crippen molar-refractivity contribution in [1.29, 1.82) is 0 Å². The van der Waals surface area contributed by atoms with E-state index in [1.807, 2.05) is 0 Å². The van der Waals surface area contributed by atoms with E-state index in [0.717, 1.165) is 12.0 Å². The predicted molar refractivity (Wildman–Crippen MR) is 92.8 cm³/mol. The minimum atomic E-state index is -1.74. The summed E-state index contributed by atoms with van der Waals surface area (Å²) in [6.45, 7) is 4.38. The molecule has 0 aromatic heterocycles. The van der Waals surface area contributed by atoms with Crippen LogP contribution in [0.2, 0.25) is 0 Å². The van der Waals surface area contributed by atoms with Gasteiger partial charge < -0.3 is 15.2 Å². The third-order valence-corrected chi connectivity index (χ3v) is 4.86. The second kappa shape index (κ2) is 7.13. The normalized spacial score (nSPS) is 22.4. The molecule has 148 valence electrons. The van der Waals surface area contributed by atoms with Crippen molar-refractivity contribution in [2.75, 3.05) is 19.0 Å². The second-order valence-electron chi connectivity index (χ2n) is 7.42. The number of benzene rings is 1. The van der Waals surface area contributed by atoms with Crippen molar-refractivity contribution in [2.45, 2.75) is 38.9 Å².